The Kier molecular flexibility index (Phi) is 6.20. The molecule has 2 aromatic rings. The van der Waals surface area contributed by atoms with Gasteiger partial charge in [0.05, 0.1) is 18.0 Å². The van der Waals surface area contributed by atoms with Crippen molar-refractivity contribution in [3.63, 3.8) is 0 Å². The number of hydrogen-bond donors (Lipinski definition) is 1. The third-order valence-electron chi connectivity index (χ3n) is 4.02. The number of carbonyl (C=O) groups excluding carboxylic acids is 1. The first kappa shape index (κ1) is 19.0. The van der Waals surface area contributed by atoms with E-state index in [9.17, 15) is 13.2 Å². The van der Waals surface area contributed by atoms with E-state index in [0.29, 0.717) is 5.69 Å². The molecule has 134 valence electrons. The molecule has 0 bridgehead atoms. The number of nitrogens with one attached hydrogen (secondary N) is 1. The molecule has 6 heteroatoms. The maximum Gasteiger partial charge on any atom is 0.241 e. The van der Waals surface area contributed by atoms with Crippen molar-refractivity contribution in [2.24, 2.45) is 0 Å². The van der Waals surface area contributed by atoms with Crippen LogP contribution in [0.5, 0.6) is 0 Å². The summed E-state index contributed by atoms with van der Waals surface area (Å²) in [6, 6.07) is 16.6. The fourth-order valence-corrected chi connectivity index (χ4v) is 3.62. The van der Waals surface area contributed by atoms with Crippen LogP contribution in [-0.4, -0.2) is 27.1 Å². The van der Waals surface area contributed by atoms with Gasteiger partial charge in [-0.2, -0.15) is 0 Å². The molecule has 2 aromatic carbocycles. The Labute approximate surface area is 149 Å². The predicted octanol–water partition coefficient (Wildman–Crippen LogP) is 3.03. The number of carbonyl (C=O) groups is 1. The quantitative estimate of drug-likeness (QED) is 0.825. The molecule has 5 nitrogen and oxygen atoms in total. The zero-order valence-electron chi connectivity index (χ0n) is 14.8. The molecule has 2 rings (SSSR count). The first-order valence-electron chi connectivity index (χ1n) is 8.20. The lowest BCUT2D eigenvalue weighted by Gasteiger charge is -2.25. The number of hydrogen-bond acceptors (Lipinski definition) is 3. The second-order valence-electron chi connectivity index (χ2n) is 6.00. The van der Waals surface area contributed by atoms with E-state index in [-0.39, 0.29) is 18.5 Å². The van der Waals surface area contributed by atoms with Crippen molar-refractivity contribution in [2.45, 2.75) is 26.3 Å². The predicted molar refractivity (Wildman–Crippen MR) is 101 cm³/mol. The van der Waals surface area contributed by atoms with Crippen LogP contribution in [0.3, 0.4) is 0 Å². The summed E-state index contributed by atoms with van der Waals surface area (Å²) >= 11 is 0. The van der Waals surface area contributed by atoms with E-state index in [1.807, 2.05) is 56.3 Å². The first-order valence-corrected chi connectivity index (χ1v) is 10.1. The summed E-state index contributed by atoms with van der Waals surface area (Å²) in [5.41, 5.74) is 2.32. The van der Waals surface area contributed by atoms with Crippen molar-refractivity contribution < 1.29 is 13.2 Å². The van der Waals surface area contributed by atoms with Gasteiger partial charge in [-0.15, -0.1) is 0 Å². The average molecular weight is 360 g/mol. The molecule has 1 amide bonds. The van der Waals surface area contributed by atoms with Gasteiger partial charge in [-0.1, -0.05) is 55.5 Å². The summed E-state index contributed by atoms with van der Waals surface area (Å²) in [6.07, 6.45) is 1.83. The SMILES string of the molecule is CC[C@H](NC(=O)CN(c1ccccc1C)S(C)(=O)=O)c1ccccc1. The molecule has 0 fully saturated rings. The molecule has 0 heterocycles. The van der Waals surface area contributed by atoms with Crippen LogP contribution in [0.4, 0.5) is 5.69 Å². The Balaban J connectivity index is 2.19. The number of anilines is 1. The number of sulfonamides is 1. The lowest BCUT2D eigenvalue weighted by molar-refractivity contribution is -0.120. The second kappa shape index (κ2) is 8.16. The van der Waals surface area contributed by atoms with Crippen LogP contribution in [0.15, 0.2) is 54.6 Å². The average Bonchev–Trinajstić information content (AvgIpc) is 2.58. The summed E-state index contributed by atoms with van der Waals surface area (Å²) in [5.74, 6) is -0.329. The highest BCUT2D eigenvalue weighted by molar-refractivity contribution is 7.92. The Hall–Kier alpha value is -2.34. The summed E-state index contributed by atoms with van der Waals surface area (Å²) in [7, 11) is -3.57. The number of benzene rings is 2. The highest BCUT2D eigenvalue weighted by Crippen LogP contribution is 2.22. The molecule has 0 aliphatic rings. The van der Waals surface area contributed by atoms with Crippen LogP contribution in [0.2, 0.25) is 0 Å². The van der Waals surface area contributed by atoms with Crippen molar-refractivity contribution in [2.75, 3.05) is 17.1 Å². The standard InChI is InChI=1S/C19H24N2O3S/c1-4-17(16-11-6-5-7-12-16)20-19(22)14-21(25(3,23)24)18-13-9-8-10-15(18)2/h5-13,17H,4,14H2,1-3H3,(H,20,22)/t17-/m0/s1. The molecule has 0 radical (unpaired) electrons. The highest BCUT2D eigenvalue weighted by Gasteiger charge is 2.23. The van der Waals surface area contributed by atoms with Gasteiger partial charge in [-0.05, 0) is 30.5 Å². The first-order chi connectivity index (χ1) is 11.8. The number of amides is 1. The number of para-hydroxylation sites is 1. The van der Waals surface area contributed by atoms with Crippen LogP contribution in [0, 0.1) is 6.92 Å². The van der Waals surface area contributed by atoms with Crippen molar-refractivity contribution in [3.05, 3.63) is 65.7 Å². The number of rotatable bonds is 7. The second-order valence-corrected chi connectivity index (χ2v) is 7.90. The lowest BCUT2D eigenvalue weighted by Crippen LogP contribution is -2.41. The molecule has 0 aliphatic carbocycles. The normalized spacial score (nSPS) is 12.4. The van der Waals surface area contributed by atoms with Gasteiger partial charge in [0.1, 0.15) is 6.54 Å². The maximum atomic E-state index is 12.5. The Morgan fingerprint density at radius 2 is 1.68 bits per heavy atom. The van der Waals surface area contributed by atoms with E-state index in [2.05, 4.69) is 5.32 Å². The Morgan fingerprint density at radius 3 is 2.24 bits per heavy atom. The Morgan fingerprint density at radius 1 is 1.08 bits per heavy atom. The van der Waals surface area contributed by atoms with E-state index in [0.717, 1.165) is 28.1 Å². The lowest BCUT2D eigenvalue weighted by atomic mass is 10.0. The van der Waals surface area contributed by atoms with Crippen LogP contribution < -0.4 is 9.62 Å². The molecule has 1 N–H and O–H groups in total. The van der Waals surface area contributed by atoms with Crippen molar-refractivity contribution in [1.82, 2.24) is 5.32 Å². The van der Waals surface area contributed by atoms with E-state index in [1.165, 1.54) is 0 Å². The molecule has 0 aromatic heterocycles. The molecule has 0 spiro atoms. The minimum atomic E-state index is -3.57. The van der Waals surface area contributed by atoms with Gasteiger partial charge in [-0.3, -0.25) is 9.10 Å². The van der Waals surface area contributed by atoms with Gasteiger partial charge in [0.15, 0.2) is 0 Å². The van der Waals surface area contributed by atoms with Crippen LogP contribution >= 0.6 is 0 Å². The van der Waals surface area contributed by atoms with Gasteiger partial charge in [0.2, 0.25) is 15.9 Å². The largest absolute Gasteiger partial charge is 0.348 e. The van der Waals surface area contributed by atoms with E-state index < -0.39 is 10.0 Å². The summed E-state index contributed by atoms with van der Waals surface area (Å²) in [4.78, 5) is 12.5. The zero-order chi connectivity index (χ0) is 18.4. The number of aryl methyl sites for hydroxylation is 1. The van der Waals surface area contributed by atoms with Crippen LogP contribution in [0.1, 0.15) is 30.5 Å². The van der Waals surface area contributed by atoms with Gasteiger partial charge in [0.25, 0.3) is 0 Å². The van der Waals surface area contributed by atoms with Crippen molar-refractivity contribution in [3.8, 4) is 0 Å². The summed E-state index contributed by atoms with van der Waals surface area (Å²) in [6.45, 7) is 3.56. The van der Waals surface area contributed by atoms with Crippen molar-refractivity contribution in [1.29, 1.82) is 0 Å². The summed E-state index contributed by atoms with van der Waals surface area (Å²) < 4.78 is 25.5. The van der Waals surface area contributed by atoms with Gasteiger partial charge in [-0.25, -0.2) is 8.42 Å². The van der Waals surface area contributed by atoms with E-state index in [1.54, 1.807) is 12.1 Å². The monoisotopic (exact) mass is 360 g/mol. The van der Waals surface area contributed by atoms with Crippen LogP contribution in [-0.2, 0) is 14.8 Å². The van der Waals surface area contributed by atoms with Gasteiger partial charge < -0.3 is 5.32 Å². The molecule has 1 atom stereocenters. The minimum absolute atomic E-state index is 0.146. The third kappa shape index (κ3) is 5.06. The van der Waals surface area contributed by atoms with E-state index >= 15 is 0 Å². The van der Waals surface area contributed by atoms with Gasteiger partial charge >= 0.3 is 0 Å². The highest BCUT2D eigenvalue weighted by atomic mass is 32.2. The summed E-state index contributed by atoms with van der Waals surface area (Å²) in [5, 5.41) is 2.93. The molecular formula is C19H24N2O3S. The molecule has 0 unspecified atom stereocenters. The van der Waals surface area contributed by atoms with Crippen LogP contribution in [0.25, 0.3) is 0 Å². The maximum absolute atomic E-state index is 12.5. The number of nitrogens with zero attached hydrogens (tertiary/aromatic N) is 1. The Bertz CT molecular complexity index is 820. The molecule has 0 aliphatic heterocycles. The zero-order valence-corrected chi connectivity index (χ0v) is 15.6. The molecule has 0 saturated carbocycles. The van der Waals surface area contributed by atoms with Crippen molar-refractivity contribution >= 4 is 21.6 Å². The third-order valence-corrected chi connectivity index (χ3v) is 5.14. The molecular weight excluding hydrogens is 336 g/mol. The fourth-order valence-electron chi connectivity index (χ4n) is 2.70. The smallest absolute Gasteiger partial charge is 0.241 e. The fraction of sp³-hybridized carbons (Fsp3) is 0.316. The topological polar surface area (TPSA) is 66.5 Å². The minimum Gasteiger partial charge on any atom is -0.348 e. The molecule has 0 saturated heterocycles. The van der Waals surface area contributed by atoms with E-state index in [4.69, 9.17) is 0 Å². The van der Waals surface area contributed by atoms with Gasteiger partial charge in [0, 0.05) is 0 Å². The molecule has 25 heavy (non-hydrogen) atoms.